The predicted octanol–water partition coefficient (Wildman–Crippen LogP) is -0.206. The first-order valence-corrected chi connectivity index (χ1v) is 5.74. The fraction of sp³-hybridized carbons (Fsp3) is 0.727. The quantitative estimate of drug-likeness (QED) is 0.478. The summed E-state index contributed by atoms with van der Waals surface area (Å²) in [5.74, 6) is -2.79. The Labute approximate surface area is 105 Å². The van der Waals surface area contributed by atoms with E-state index in [0.29, 0.717) is 18.8 Å². The van der Waals surface area contributed by atoms with Gasteiger partial charge in [-0.25, -0.2) is 4.79 Å². The summed E-state index contributed by atoms with van der Waals surface area (Å²) in [6.07, 6.45) is 0.409. The fourth-order valence-electron chi connectivity index (χ4n) is 1.32. The summed E-state index contributed by atoms with van der Waals surface area (Å²) in [4.78, 5) is 32.8. The van der Waals surface area contributed by atoms with Crippen LogP contribution < -0.4 is 11.1 Å². The Kier molecular flexibility index (Phi) is 6.96. The number of nitrogens with two attached hydrogens (primary N) is 1. The van der Waals surface area contributed by atoms with Crippen molar-refractivity contribution in [2.75, 3.05) is 0 Å². The number of rotatable bonds is 8. The number of carbonyl (C=O) groups is 3. The first-order chi connectivity index (χ1) is 8.23. The summed E-state index contributed by atoms with van der Waals surface area (Å²) in [6, 6.07) is -2.26. The zero-order valence-corrected chi connectivity index (χ0v) is 10.5. The molecule has 0 aliphatic heterocycles. The lowest BCUT2D eigenvalue weighted by Gasteiger charge is -2.17. The molecule has 0 fully saturated rings. The summed E-state index contributed by atoms with van der Waals surface area (Å²) >= 11 is 0. The molecule has 0 aliphatic rings. The Balaban J connectivity index is 4.35. The van der Waals surface area contributed by atoms with Crippen LogP contribution in [-0.4, -0.2) is 40.1 Å². The van der Waals surface area contributed by atoms with Gasteiger partial charge >= 0.3 is 11.9 Å². The average molecular weight is 260 g/mol. The lowest BCUT2D eigenvalue weighted by molar-refractivity contribution is -0.142. The van der Waals surface area contributed by atoms with Crippen LogP contribution in [0.4, 0.5) is 0 Å². The zero-order chi connectivity index (χ0) is 14.3. The predicted molar refractivity (Wildman–Crippen MR) is 63.9 cm³/mol. The minimum absolute atomic E-state index is 0.290. The molecular weight excluding hydrogens is 240 g/mol. The third-order valence-electron chi connectivity index (χ3n) is 2.38. The Hall–Kier alpha value is -1.63. The molecular formula is C11H20N2O5. The molecule has 7 nitrogen and oxygen atoms in total. The van der Waals surface area contributed by atoms with Gasteiger partial charge in [0.2, 0.25) is 5.91 Å². The van der Waals surface area contributed by atoms with Crippen molar-refractivity contribution in [3.8, 4) is 0 Å². The molecule has 7 heteroatoms. The molecule has 0 aromatic rings. The molecule has 0 rings (SSSR count). The van der Waals surface area contributed by atoms with Gasteiger partial charge in [-0.2, -0.15) is 0 Å². The van der Waals surface area contributed by atoms with Crippen LogP contribution in [0.1, 0.15) is 33.1 Å². The number of carboxylic acid groups (broad SMARTS) is 2. The summed E-state index contributed by atoms with van der Waals surface area (Å²) < 4.78 is 0. The summed E-state index contributed by atoms with van der Waals surface area (Å²) in [6.45, 7) is 3.88. The van der Waals surface area contributed by atoms with Crippen LogP contribution in [0.3, 0.4) is 0 Å². The molecule has 104 valence electrons. The van der Waals surface area contributed by atoms with Gasteiger partial charge in [0.1, 0.15) is 6.04 Å². The van der Waals surface area contributed by atoms with Crippen LogP contribution >= 0.6 is 0 Å². The van der Waals surface area contributed by atoms with Crippen LogP contribution in [0.25, 0.3) is 0 Å². The maximum Gasteiger partial charge on any atom is 0.326 e. The van der Waals surface area contributed by atoms with E-state index in [9.17, 15) is 14.4 Å². The van der Waals surface area contributed by atoms with Gasteiger partial charge in [0, 0.05) is 0 Å². The Morgan fingerprint density at radius 1 is 1.17 bits per heavy atom. The van der Waals surface area contributed by atoms with E-state index in [-0.39, 0.29) is 0 Å². The van der Waals surface area contributed by atoms with E-state index in [1.54, 1.807) is 0 Å². The van der Waals surface area contributed by atoms with Gasteiger partial charge < -0.3 is 21.3 Å². The van der Waals surface area contributed by atoms with E-state index < -0.39 is 36.4 Å². The molecule has 0 saturated carbocycles. The average Bonchev–Trinajstić information content (AvgIpc) is 2.21. The van der Waals surface area contributed by atoms with E-state index in [4.69, 9.17) is 15.9 Å². The largest absolute Gasteiger partial charge is 0.481 e. The number of carboxylic acids is 2. The Morgan fingerprint density at radius 2 is 1.72 bits per heavy atom. The van der Waals surface area contributed by atoms with Crippen LogP contribution in [0.2, 0.25) is 0 Å². The lowest BCUT2D eigenvalue weighted by atomic mass is 10.0. The van der Waals surface area contributed by atoms with Gasteiger partial charge in [-0.1, -0.05) is 13.8 Å². The van der Waals surface area contributed by atoms with E-state index in [2.05, 4.69) is 5.32 Å². The van der Waals surface area contributed by atoms with E-state index in [1.165, 1.54) is 0 Å². The second-order valence-corrected chi connectivity index (χ2v) is 4.57. The van der Waals surface area contributed by atoms with Gasteiger partial charge in [-0.15, -0.1) is 0 Å². The van der Waals surface area contributed by atoms with E-state index in [1.807, 2.05) is 13.8 Å². The molecule has 1 amide bonds. The fourth-order valence-corrected chi connectivity index (χ4v) is 1.32. The Bertz CT molecular complexity index is 317. The number of nitrogens with one attached hydrogen (secondary N) is 1. The number of carbonyl (C=O) groups excluding carboxylic acids is 1. The SMILES string of the molecule is CC(C)CC[C@H](NC(=O)[C@@H](N)CC(=O)O)C(=O)O. The van der Waals surface area contributed by atoms with E-state index >= 15 is 0 Å². The third-order valence-corrected chi connectivity index (χ3v) is 2.38. The monoisotopic (exact) mass is 260 g/mol. The highest BCUT2D eigenvalue weighted by atomic mass is 16.4. The highest BCUT2D eigenvalue weighted by Crippen LogP contribution is 2.07. The molecule has 0 heterocycles. The topological polar surface area (TPSA) is 130 Å². The van der Waals surface area contributed by atoms with Gasteiger partial charge in [-0.3, -0.25) is 9.59 Å². The number of hydrogen-bond donors (Lipinski definition) is 4. The minimum atomic E-state index is -1.23. The van der Waals surface area contributed by atoms with Gasteiger partial charge in [0.05, 0.1) is 12.5 Å². The summed E-state index contributed by atoms with van der Waals surface area (Å²) in [5.41, 5.74) is 5.34. The molecule has 18 heavy (non-hydrogen) atoms. The van der Waals surface area contributed by atoms with Crippen molar-refractivity contribution in [3.05, 3.63) is 0 Å². The number of hydrogen-bond acceptors (Lipinski definition) is 4. The first kappa shape index (κ1) is 16.4. The molecule has 0 spiro atoms. The smallest absolute Gasteiger partial charge is 0.326 e. The third kappa shape index (κ3) is 6.85. The maximum absolute atomic E-state index is 11.5. The van der Waals surface area contributed by atoms with Gasteiger partial charge in [0.15, 0.2) is 0 Å². The molecule has 0 bridgehead atoms. The molecule has 0 radical (unpaired) electrons. The van der Waals surface area contributed by atoms with Crippen molar-refractivity contribution >= 4 is 17.8 Å². The lowest BCUT2D eigenvalue weighted by Crippen LogP contribution is -2.49. The van der Waals surface area contributed by atoms with Crippen molar-refractivity contribution in [1.29, 1.82) is 0 Å². The van der Waals surface area contributed by atoms with Crippen molar-refractivity contribution in [3.63, 3.8) is 0 Å². The highest BCUT2D eigenvalue weighted by molar-refractivity contribution is 5.89. The molecule has 0 aromatic carbocycles. The van der Waals surface area contributed by atoms with Crippen molar-refractivity contribution in [2.45, 2.75) is 45.2 Å². The molecule has 5 N–H and O–H groups in total. The van der Waals surface area contributed by atoms with Crippen molar-refractivity contribution in [2.24, 2.45) is 11.7 Å². The first-order valence-electron chi connectivity index (χ1n) is 5.74. The molecule has 0 unspecified atom stereocenters. The van der Waals surface area contributed by atoms with E-state index in [0.717, 1.165) is 0 Å². The minimum Gasteiger partial charge on any atom is -0.481 e. The normalized spacial score (nSPS) is 14.0. The molecule has 0 saturated heterocycles. The summed E-state index contributed by atoms with van der Waals surface area (Å²) in [5, 5.41) is 19.7. The van der Waals surface area contributed by atoms with Crippen LogP contribution in [0.15, 0.2) is 0 Å². The zero-order valence-electron chi connectivity index (χ0n) is 10.5. The van der Waals surface area contributed by atoms with Crippen LogP contribution in [0.5, 0.6) is 0 Å². The highest BCUT2D eigenvalue weighted by Gasteiger charge is 2.24. The van der Waals surface area contributed by atoms with Crippen molar-refractivity contribution < 1.29 is 24.6 Å². The maximum atomic E-state index is 11.5. The molecule has 2 atom stereocenters. The standard InChI is InChI=1S/C11H20N2O5/c1-6(2)3-4-8(11(17)18)13-10(16)7(12)5-9(14)15/h6-8H,3-5,12H2,1-2H3,(H,13,16)(H,14,15)(H,17,18)/t7-,8-/m0/s1. The Morgan fingerprint density at radius 3 is 2.11 bits per heavy atom. The summed E-state index contributed by atoms with van der Waals surface area (Å²) in [7, 11) is 0. The van der Waals surface area contributed by atoms with Crippen LogP contribution in [-0.2, 0) is 14.4 Å². The number of amides is 1. The van der Waals surface area contributed by atoms with Gasteiger partial charge in [-0.05, 0) is 18.8 Å². The molecule has 0 aromatic heterocycles. The van der Waals surface area contributed by atoms with Gasteiger partial charge in [0.25, 0.3) is 0 Å². The van der Waals surface area contributed by atoms with Crippen LogP contribution in [0, 0.1) is 5.92 Å². The molecule has 0 aliphatic carbocycles. The second-order valence-electron chi connectivity index (χ2n) is 4.57. The second kappa shape index (κ2) is 7.65. The van der Waals surface area contributed by atoms with Crippen molar-refractivity contribution in [1.82, 2.24) is 5.32 Å². The number of aliphatic carboxylic acids is 2.